The second-order valence-electron chi connectivity index (χ2n) is 4.18. The van der Waals surface area contributed by atoms with Gasteiger partial charge in [0.05, 0.1) is 13.3 Å². The van der Waals surface area contributed by atoms with Crippen molar-refractivity contribution in [2.45, 2.75) is 19.6 Å². The Morgan fingerprint density at radius 1 is 1.37 bits per heavy atom. The van der Waals surface area contributed by atoms with Crippen LogP contribution in [0.3, 0.4) is 0 Å². The zero-order valence-corrected chi connectivity index (χ0v) is 11.3. The smallest absolute Gasteiger partial charge is 0.174 e. The van der Waals surface area contributed by atoms with E-state index < -0.39 is 0 Å². The zero-order chi connectivity index (χ0) is 13.7. The van der Waals surface area contributed by atoms with Crippen molar-refractivity contribution in [3.8, 4) is 11.5 Å². The summed E-state index contributed by atoms with van der Waals surface area (Å²) in [5, 5.41) is 6.85. The average molecular weight is 262 g/mol. The number of benzene rings is 1. The molecule has 0 fully saturated rings. The summed E-state index contributed by atoms with van der Waals surface area (Å²) in [6.45, 7) is 2.42. The van der Waals surface area contributed by atoms with Gasteiger partial charge >= 0.3 is 0 Å². The predicted octanol–water partition coefficient (Wildman–Crippen LogP) is 2.54. The first kappa shape index (κ1) is 13.4. The van der Waals surface area contributed by atoms with Gasteiger partial charge in [-0.15, -0.1) is 0 Å². The number of rotatable bonds is 6. The Kier molecular flexibility index (Phi) is 4.41. The second kappa shape index (κ2) is 6.24. The molecule has 5 nitrogen and oxygen atoms in total. The number of nitrogens with one attached hydrogen (secondary N) is 1. The van der Waals surface area contributed by atoms with Crippen molar-refractivity contribution in [1.82, 2.24) is 10.5 Å². The third-order valence-corrected chi connectivity index (χ3v) is 2.98. The van der Waals surface area contributed by atoms with E-state index in [1.54, 1.807) is 19.4 Å². The van der Waals surface area contributed by atoms with Crippen LogP contribution >= 0.6 is 0 Å². The van der Waals surface area contributed by atoms with Gasteiger partial charge in [-0.05, 0) is 20.0 Å². The Hall–Kier alpha value is -2.01. The van der Waals surface area contributed by atoms with Gasteiger partial charge in [0.15, 0.2) is 5.76 Å². The molecule has 0 amide bonds. The first-order chi connectivity index (χ1) is 9.24. The molecule has 0 spiro atoms. The van der Waals surface area contributed by atoms with Gasteiger partial charge in [0.2, 0.25) is 0 Å². The third-order valence-electron chi connectivity index (χ3n) is 2.98. The molecule has 0 saturated carbocycles. The monoisotopic (exact) mass is 262 g/mol. The normalized spacial score (nSPS) is 12.2. The second-order valence-corrected chi connectivity index (χ2v) is 4.18. The van der Waals surface area contributed by atoms with E-state index in [1.165, 1.54) is 0 Å². The number of methoxy groups -OCH3 is 1. The summed E-state index contributed by atoms with van der Waals surface area (Å²) in [5.74, 6) is 2.23. The molecule has 0 aliphatic carbocycles. The maximum Gasteiger partial charge on any atom is 0.174 e. The standard InChI is InChI=1S/C14H18N2O3/c1-10(15-2)13-5-4-11(17-3)8-14(13)18-9-12-6-7-16-19-12/h4-8,10,15H,9H2,1-3H3. The molecule has 102 valence electrons. The Labute approximate surface area is 112 Å². The highest BCUT2D eigenvalue weighted by molar-refractivity contribution is 5.42. The van der Waals surface area contributed by atoms with Crippen LogP contribution in [-0.2, 0) is 6.61 Å². The van der Waals surface area contributed by atoms with Crippen molar-refractivity contribution in [2.24, 2.45) is 0 Å². The molecule has 1 aromatic heterocycles. The van der Waals surface area contributed by atoms with Gasteiger partial charge in [-0.25, -0.2) is 0 Å². The number of ether oxygens (including phenoxy) is 2. The minimum atomic E-state index is 0.190. The van der Waals surface area contributed by atoms with Crippen LogP contribution in [0, 0.1) is 0 Å². The number of aromatic nitrogens is 1. The van der Waals surface area contributed by atoms with E-state index in [0.29, 0.717) is 12.4 Å². The molecule has 5 heteroatoms. The van der Waals surface area contributed by atoms with Crippen molar-refractivity contribution in [1.29, 1.82) is 0 Å². The largest absolute Gasteiger partial charge is 0.497 e. The summed E-state index contributed by atoms with van der Waals surface area (Å²) in [4.78, 5) is 0. The molecule has 0 aliphatic rings. The summed E-state index contributed by atoms with van der Waals surface area (Å²) in [6, 6.07) is 7.76. The van der Waals surface area contributed by atoms with Crippen molar-refractivity contribution in [3.05, 3.63) is 41.8 Å². The van der Waals surface area contributed by atoms with Crippen LogP contribution in [0.1, 0.15) is 24.3 Å². The van der Waals surface area contributed by atoms with Crippen LogP contribution in [0.5, 0.6) is 11.5 Å². The summed E-state index contributed by atoms with van der Waals surface area (Å²) in [6.07, 6.45) is 1.60. The van der Waals surface area contributed by atoms with Gasteiger partial charge in [0.25, 0.3) is 0 Å². The lowest BCUT2D eigenvalue weighted by atomic mass is 10.1. The molecule has 1 N–H and O–H groups in total. The van der Waals surface area contributed by atoms with E-state index in [1.807, 2.05) is 25.2 Å². The molecule has 0 aliphatic heterocycles. The number of nitrogens with zero attached hydrogens (tertiary/aromatic N) is 1. The molecule has 0 radical (unpaired) electrons. The van der Waals surface area contributed by atoms with Crippen LogP contribution in [-0.4, -0.2) is 19.3 Å². The molecule has 2 aromatic rings. The molecule has 1 unspecified atom stereocenters. The van der Waals surface area contributed by atoms with Crippen molar-refractivity contribution >= 4 is 0 Å². The fourth-order valence-corrected chi connectivity index (χ4v) is 1.75. The third kappa shape index (κ3) is 3.26. The van der Waals surface area contributed by atoms with Gasteiger partial charge in [-0.2, -0.15) is 0 Å². The van der Waals surface area contributed by atoms with Crippen LogP contribution in [0.2, 0.25) is 0 Å². The van der Waals surface area contributed by atoms with Crippen LogP contribution in [0.15, 0.2) is 35.0 Å². The number of hydrogen-bond donors (Lipinski definition) is 1. The van der Waals surface area contributed by atoms with E-state index in [0.717, 1.165) is 17.1 Å². The van der Waals surface area contributed by atoms with Crippen LogP contribution < -0.4 is 14.8 Å². The minimum absolute atomic E-state index is 0.190. The summed E-state index contributed by atoms with van der Waals surface area (Å²) in [7, 11) is 3.55. The average Bonchev–Trinajstić information content (AvgIpc) is 2.97. The summed E-state index contributed by atoms with van der Waals surface area (Å²) < 4.78 is 16.0. The zero-order valence-electron chi connectivity index (χ0n) is 11.3. The Balaban J connectivity index is 2.19. The fourth-order valence-electron chi connectivity index (χ4n) is 1.75. The lowest BCUT2D eigenvalue weighted by Gasteiger charge is -2.17. The maximum atomic E-state index is 5.79. The predicted molar refractivity (Wildman–Crippen MR) is 71.3 cm³/mol. The van der Waals surface area contributed by atoms with E-state index in [-0.39, 0.29) is 6.04 Å². The highest BCUT2D eigenvalue weighted by Gasteiger charge is 2.12. The summed E-state index contributed by atoms with van der Waals surface area (Å²) in [5.41, 5.74) is 1.07. The first-order valence-electron chi connectivity index (χ1n) is 6.12. The highest BCUT2D eigenvalue weighted by atomic mass is 16.5. The van der Waals surface area contributed by atoms with E-state index >= 15 is 0 Å². The van der Waals surface area contributed by atoms with Gasteiger partial charge in [0, 0.05) is 23.7 Å². The number of hydrogen-bond acceptors (Lipinski definition) is 5. The topological polar surface area (TPSA) is 56.5 Å². The fraction of sp³-hybridized carbons (Fsp3) is 0.357. The Morgan fingerprint density at radius 2 is 2.21 bits per heavy atom. The SMILES string of the molecule is CNC(C)c1ccc(OC)cc1OCc1ccno1. The first-order valence-corrected chi connectivity index (χ1v) is 6.12. The van der Waals surface area contributed by atoms with Crippen molar-refractivity contribution < 1.29 is 14.0 Å². The molecular formula is C14H18N2O3. The maximum absolute atomic E-state index is 5.79. The molecule has 1 heterocycles. The lowest BCUT2D eigenvalue weighted by Crippen LogP contribution is -2.13. The Bertz CT molecular complexity index is 511. The van der Waals surface area contributed by atoms with E-state index in [2.05, 4.69) is 17.4 Å². The van der Waals surface area contributed by atoms with Crippen LogP contribution in [0.25, 0.3) is 0 Å². The van der Waals surface area contributed by atoms with E-state index in [9.17, 15) is 0 Å². The molecule has 1 atom stereocenters. The molecule has 0 bridgehead atoms. The van der Waals surface area contributed by atoms with Gasteiger partial charge in [-0.3, -0.25) is 0 Å². The molecular weight excluding hydrogens is 244 g/mol. The molecule has 19 heavy (non-hydrogen) atoms. The molecule has 1 aromatic carbocycles. The van der Waals surface area contributed by atoms with Gasteiger partial charge in [-0.1, -0.05) is 11.2 Å². The van der Waals surface area contributed by atoms with Crippen molar-refractivity contribution in [2.75, 3.05) is 14.2 Å². The van der Waals surface area contributed by atoms with Gasteiger partial charge < -0.3 is 19.3 Å². The van der Waals surface area contributed by atoms with Gasteiger partial charge in [0.1, 0.15) is 18.1 Å². The lowest BCUT2D eigenvalue weighted by molar-refractivity contribution is 0.245. The summed E-state index contributed by atoms with van der Waals surface area (Å²) >= 11 is 0. The Morgan fingerprint density at radius 3 is 2.84 bits per heavy atom. The quantitative estimate of drug-likeness (QED) is 0.867. The van der Waals surface area contributed by atoms with Crippen molar-refractivity contribution in [3.63, 3.8) is 0 Å². The highest BCUT2D eigenvalue weighted by Crippen LogP contribution is 2.30. The van der Waals surface area contributed by atoms with E-state index in [4.69, 9.17) is 14.0 Å². The van der Waals surface area contributed by atoms with Crippen LogP contribution in [0.4, 0.5) is 0 Å². The molecule has 0 saturated heterocycles. The minimum Gasteiger partial charge on any atom is -0.497 e. The molecule has 2 rings (SSSR count).